The summed E-state index contributed by atoms with van der Waals surface area (Å²) < 4.78 is 0. The number of carbonyl (C=O) groups is 3. The number of nitrogens with zero attached hydrogens (tertiary/aromatic N) is 3. The van der Waals surface area contributed by atoms with Gasteiger partial charge in [0.25, 0.3) is 5.91 Å². The highest BCUT2D eigenvalue weighted by atomic mass is 16.2. The molecule has 2 heterocycles. The van der Waals surface area contributed by atoms with E-state index in [1.54, 1.807) is 21.9 Å². The highest BCUT2D eigenvalue weighted by Crippen LogP contribution is 2.24. The third-order valence-electron chi connectivity index (χ3n) is 6.72. The highest BCUT2D eigenvalue weighted by molar-refractivity contribution is 5.95. The molecule has 2 saturated heterocycles. The Balaban J connectivity index is 1.24. The van der Waals surface area contributed by atoms with Crippen molar-refractivity contribution in [3.63, 3.8) is 0 Å². The minimum atomic E-state index is -0.291. The van der Waals surface area contributed by atoms with E-state index < -0.39 is 0 Å². The van der Waals surface area contributed by atoms with Crippen LogP contribution in [0.4, 0.5) is 5.69 Å². The summed E-state index contributed by atoms with van der Waals surface area (Å²) in [5.41, 5.74) is 3.96. The van der Waals surface area contributed by atoms with E-state index in [1.807, 2.05) is 12.1 Å². The summed E-state index contributed by atoms with van der Waals surface area (Å²) in [4.78, 5) is 43.3. The first-order valence-corrected chi connectivity index (χ1v) is 12.2. The molecule has 34 heavy (non-hydrogen) atoms. The van der Waals surface area contributed by atoms with Gasteiger partial charge in [0.05, 0.1) is 0 Å². The summed E-state index contributed by atoms with van der Waals surface area (Å²) >= 11 is 0. The van der Waals surface area contributed by atoms with Crippen molar-refractivity contribution >= 4 is 23.4 Å². The summed E-state index contributed by atoms with van der Waals surface area (Å²) in [6.07, 6.45) is 2.50. The zero-order valence-electron chi connectivity index (χ0n) is 20.1. The van der Waals surface area contributed by atoms with Crippen molar-refractivity contribution in [2.24, 2.45) is 0 Å². The molecule has 1 atom stereocenters. The molecular weight excluding hydrogens is 428 g/mol. The Hall–Kier alpha value is -3.35. The molecule has 2 aliphatic heterocycles. The largest absolute Gasteiger partial charge is 0.372 e. The second-order valence-electron chi connectivity index (χ2n) is 9.16. The first kappa shape index (κ1) is 23.8. The van der Waals surface area contributed by atoms with Crippen molar-refractivity contribution < 1.29 is 14.4 Å². The molecule has 7 heteroatoms. The molecule has 0 saturated carbocycles. The number of piperazine rings is 1. The Morgan fingerprint density at radius 3 is 2.68 bits per heavy atom. The SMILES string of the molecule is CCN(CCCNC(=O)c1ccc(CN2CC(=O)N3CCC[C@@H]3C2=O)cc1)c1cccc(C)c1. The fraction of sp³-hybridized carbons (Fsp3) is 0.444. The maximum absolute atomic E-state index is 12.7. The number of rotatable bonds is 9. The van der Waals surface area contributed by atoms with Crippen LogP contribution in [0.25, 0.3) is 0 Å². The van der Waals surface area contributed by atoms with Gasteiger partial charge in [-0.05, 0) is 68.5 Å². The molecule has 0 aliphatic carbocycles. The zero-order chi connectivity index (χ0) is 24.1. The molecule has 0 radical (unpaired) electrons. The Bertz CT molecular complexity index is 1040. The van der Waals surface area contributed by atoms with Crippen molar-refractivity contribution in [2.75, 3.05) is 37.6 Å². The lowest BCUT2D eigenvalue weighted by Crippen LogP contribution is -2.56. The number of amides is 3. The third-order valence-corrected chi connectivity index (χ3v) is 6.72. The number of anilines is 1. The van der Waals surface area contributed by atoms with E-state index in [1.165, 1.54) is 11.3 Å². The number of benzene rings is 2. The summed E-state index contributed by atoms with van der Waals surface area (Å²) in [5, 5.41) is 3.00. The Morgan fingerprint density at radius 2 is 1.94 bits per heavy atom. The summed E-state index contributed by atoms with van der Waals surface area (Å²) in [7, 11) is 0. The smallest absolute Gasteiger partial charge is 0.251 e. The molecule has 7 nitrogen and oxygen atoms in total. The van der Waals surface area contributed by atoms with E-state index >= 15 is 0 Å². The van der Waals surface area contributed by atoms with E-state index in [0.717, 1.165) is 37.9 Å². The quantitative estimate of drug-likeness (QED) is 0.582. The summed E-state index contributed by atoms with van der Waals surface area (Å²) in [5.74, 6) is -0.0381. The maximum Gasteiger partial charge on any atom is 0.251 e. The second-order valence-corrected chi connectivity index (χ2v) is 9.16. The van der Waals surface area contributed by atoms with Crippen LogP contribution < -0.4 is 10.2 Å². The summed E-state index contributed by atoms with van der Waals surface area (Å²) in [6, 6.07) is 15.5. The predicted molar refractivity (Wildman–Crippen MR) is 133 cm³/mol. The van der Waals surface area contributed by atoms with Crippen LogP contribution in [0.5, 0.6) is 0 Å². The molecule has 3 amide bonds. The fourth-order valence-corrected chi connectivity index (χ4v) is 4.85. The van der Waals surface area contributed by atoms with Crippen LogP contribution in [0, 0.1) is 6.92 Å². The minimum absolute atomic E-state index is 0.0298. The molecule has 0 aromatic heterocycles. The number of fused-ring (bicyclic) bond motifs is 1. The number of nitrogens with one attached hydrogen (secondary N) is 1. The van der Waals surface area contributed by atoms with Crippen molar-refractivity contribution in [3.8, 4) is 0 Å². The van der Waals surface area contributed by atoms with Gasteiger partial charge in [0.1, 0.15) is 12.6 Å². The van der Waals surface area contributed by atoms with Gasteiger partial charge in [0.2, 0.25) is 11.8 Å². The van der Waals surface area contributed by atoms with E-state index in [-0.39, 0.29) is 30.3 Å². The molecule has 0 bridgehead atoms. The second kappa shape index (κ2) is 10.7. The lowest BCUT2D eigenvalue weighted by Gasteiger charge is -2.36. The average Bonchev–Trinajstić information content (AvgIpc) is 3.34. The van der Waals surface area contributed by atoms with E-state index in [9.17, 15) is 14.4 Å². The van der Waals surface area contributed by atoms with Crippen LogP contribution in [0.15, 0.2) is 48.5 Å². The lowest BCUT2D eigenvalue weighted by atomic mass is 10.1. The first-order valence-electron chi connectivity index (χ1n) is 12.2. The molecule has 0 unspecified atom stereocenters. The van der Waals surface area contributed by atoms with Crippen molar-refractivity contribution in [1.29, 1.82) is 0 Å². The molecule has 2 aromatic carbocycles. The van der Waals surface area contributed by atoms with Gasteiger partial charge in [-0.15, -0.1) is 0 Å². The standard InChI is InChI=1S/C27H34N4O3/c1-3-29(23-8-4-7-20(2)17-23)15-6-14-28-26(33)22-12-10-21(11-13-22)18-30-19-25(32)31-16-5-9-24(31)27(30)34/h4,7-8,10-13,17,24H,3,5-6,9,14-16,18-19H2,1-2H3,(H,28,33)/t24-/m1/s1. The highest BCUT2D eigenvalue weighted by Gasteiger charge is 2.41. The van der Waals surface area contributed by atoms with Gasteiger partial charge in [-0.2, -0.15) is 0 Å². The van der Waals surface area contributed by atoms with E-state index in [0.29, 0.717) is 25.2 Å². The van der Waals surface area contributed by atoms with Crippen LogP contribution in [0.2, 0.25) is 0 Å². The molecule has 180 valence electrons. The molecule has 2 aromatic rings. The Labute approximate surface area is 201 Å². The minimum Gasteiger partial charge on any atom is -0.372 e. The lowest BCUT2D eigenvalue weighted by molar-refractivity contribution is -0.154. The van der Waals surface area contributed by atoms with Crippen LogP contribution >= 0.6 is 0 Å². The van der Waals surface area contributed by atoms with Crippen LogP contribution in [-0.4, -0.2) is 66.3 Å². The average molecular weight is 463 g/mol. The van der Waals surface area contributed by atoms with Gasteiger partial charge in [-0.1, -0.05) is 24.3 Å². The van der Waals surface area contributed by atoms with Crippen LogP contribution in [-0.2, 0) is 16.1 Å². The van der Waals surface area contributed by atoms with Gasteiger partial charge < -0.3 is 20.0 Å². The van der Waals surface area contributed by atoms with Crippen molar-refractivity contribution in [3.05, 3.63) is 65.2 Å². The van der Waals surface area contributed by atoms with Gasteiger partial charge in [-0.3, -0.25) is 14.4 Å². The Morgan fingerprint density at radius 1 is 1.15 bits per heavy atom. The third kappa shape index (κ3) is 5.41. The maximum atomic E-state index is 12.7. The van der Waals surface area contributed by atoms with Gasteiger partial charge in [0, 0.05) is 44.0 Å². The normalized spacial score (nSPS) is 17.6. The molecule has 1 N–H and O–H groups in total. The van der Waals surface area contributed by atoms with Gasteiger partial charge >= 0.3 is 0 Å². The number of carbonyl (C=O) groups excluding carboxylic acids is 3. The first-order chi connectivity index (χ1) is 16.5. The number of aryl methyl sites for hydroxylation is 1. The molecule has 2 aliphatic rings. The zero-order valence-corrected chi connectivity index (χ0v) is 20.1. The topological polar surface area (TPSA) is 73.0 Å². The predicted octanol–water partition coefficient (Wildman–Crippen LogP) is 2.97. The monoisotopic (exact) mass is 462 g/mol. The van der Waals surface area contributed by atoms with Crippen LogP contribution in [0.3, 0.4) is 0 Å². The van der Waals surface area contributed by atoms with Crippen molar-refractivity contribution in [1.82, 2.24) is 15.1 Å². The van der Waals surface area contributed by atoms with Crippen molar-refractivity contribution in [2.45, 2.75) is 45.7 Å². The summed E-state index contributed by atoms with van der Waals surface area (Å²) in [6.45, 7) is 7.84. The van der Waals surface area contributed by atoms with Crippen LogP contribution in [0.1, 0.15) is 47.7 Å². The molecular formula is C27H34N4O3. The van der Waals surface area contributed by atoms with E-state index in [2.05, 4.69) is 48.3 Å². The number of hydrogen-bond donors (Lipinski definition) is 1. The number of hydrogen-bond acceptors (Lipinski definition) is 4. The van der Waals surface area contributed by atoms with Gasteiger partial charge in [0.15, 0.2) is 0 Å². The fourth-order valence-electron chi connectivity index (χ4n) is 4.85. The molecule has 4 rings (SSSR count). The molecule has 2 fully saturated rings. The van der Waals surface area contributed by atoms with Gasteiger partial charge in [-0.25, -0.2) is 0 Å². The Kier molecular flexibility index (Phi) is 7.50. The molecule has 0 spiro atoms. The van der Waals surface area contributed by atoms with E-state index in [4.69, 9.17) is 0 Å².